The van der Waals surface area contributed by atoms with Crippen molar-refractivity contribution in [1.82, 2.24) is 5.43 Å². The molecule has 0 radical (unpaired) electrons. The van der Waals surface area contributed by atoms with E-state index in [2.05, 4.69) is 28.7 Å². The van der Waals surface area contributed by atoms with Crippen molar-refractivity contribution in [1.29, 1.82) is 0 Å². The summed E-state index contributed by atoms with van der Waals surface area (Å²) in [4.78, 5) is 12.3. The van der Waals surface area contributed by atoms with E-state index in [4.69, 9.17) is 4.74 Å². The number of ether oxygens (including phenoxy) is 1. The Morgan fingerprint density at radius 3 is 2.48 bits per heavy atom. The number of rotatable bonds is 5. The Hall–Kier alpha value is -3.14. The molecule has 3 aromatic rings. The lowest BCUT2D eigenvalue weighted by Crippen LogP contribution is -2.19. The molecule has 0 aromatic heterocycles. The second-order valence-electron chi connectivity index (χ2n) is 5.62. The number of hydrogen-bond donors (Lipinski definition) is 1. The molecule has 3 aromatic carbocycles. The Kier molecular flexibility index (Phi) is 5.09. The zero-order chi connectivity index (χ0) is 17.6. The normalized spacial score (nSPS) is 11.4. The SMILES string of the molecule is CCOc1ccc(C(=O)N/N=C(\C)c2cccc3ccccc23)cc1. The van der Waals surface area contributed by atoms with Crippen LogP contribution in [0.4, 0.5) is 0 Å². The predicted molar refractivity (Wildman–Crippen MR) is 101 cm³/mol. The van der Waals surface area contributed by atoms with Gasteiger partial charge in [0, 0.05) is 11.1 Å². The molecular formula is C21H20N2O2. The minimum absolute atomic E-state index is 0.248. The van der Waals surface area contributed by atoms with Crippen molar-refractivity contribution in [2.75, 3.05) is 6.61 Å². The van der Waals surface area contributed by atoms with E-state index < -0.39 is 0 Å². The molecule has 126 valence electrons. The fraction of sp³-hybridized carbons (Fsp3) is 0.143. The van der Waals surface area contributed by atoms with Crippen molar-refractivity contribution in [2.24, 2.45) is 5.10 Å². The zero-order valence-corrected chi connectivity index (χ0v) is 14.3. The Morgan fingerprint density at radius 1 is 1.00 bits per heavy atom. The van der Waals surface area contributed by atoms with E-state index in [0.717, 1.165) is 27.8 Å². The van der Waals surface area contributed by atoms with Gasteiger partial charge >= 0.3 is 0 Å². The number of nitrogens with one attached hydrogen (secondary N) is 1. The van der Waals surface area contributed by atoms with Crippen molar-refractivity contribution in [3.8, 4) is 5.75 Å². The third-order valence-corrected chi connectivity index (χ3v) is 3.93. The molecule has 3 rings (SSSR count). The van der Waals surface area contributed by atoms with Gasteiger partial charge in [-0.1, -0.05) is 42.5 Å². The Balaban J connectivity index is 1.77. The molecule has 0 saturated heterocycles. The summed E-state index contributed by atoms with van der Waals surface area (Å²) in [7, 11) is 0. The van der Waals surface area contributed by atoms with Crippen LogP contribution < -0.4 is 10.2 Å². The number of hydrazone groups is 1. The second kappa shape index (κ2) is 7.62. The van der Waals surface area contributed by atoms with Gasteiger partial charge in [0.05, 0.1) is 12.3 Å². The predicted octanol–water partition coefficient (Wildman–Crippen LogP) is 4.39. The van der Waals surface area contributed by atoms with Gasteiger partial charge in [-0.2, -0.15) is 5.10 Å². The fourth-order valence-electron chi connectivity index (χ4n) is 2.67. The molecule has 0 bridgehead atoms. The average Bonchev–Trinajstić information content (AvgIpc) is 2.66. The van der Waals surface area contributed by atoms with Gasteiger partial charge < -0.3 is 4.74 Å². The maximum Gasteiger partial charge on any atom is 0.271 e. The maximum absolute atomic E-state index is 12.3. The van der Waals surface area contributed by atoms with Crippen LogP contribution in [0.15, 0.2) is 71.8 Å². The van der Waals surface area contributed by atoms with Crippen molar-refractivity contribution in [3.05, 3.63) is 77.9 Å². The van der Waals surface area contributed by atoms with E-state index in [1.807, 2.05) is 38.1 Å². The maximum atomic E-state index is 12.3. The topological polar surface area (TPSA) is 50.7 Å². The van der Waals surface area contributed by atoms with Crippen LogP contribution in [0.5, 0.6) is 5.75 Å². The molecule has 0 spiro atoms. The molecule has 0 fully saturated rings. The van der Waals surface area contributed by atoms with Gasteiger partial charge in [0.1, 0.15) is 5.75 Å². The number of carbonyl (C=O) groups is 1. The molecule has 25 heavy (non-hydrogen) atoms. The summed E-state index contributed by atoms with van der Waals surface area (Å²) in [5.41, 5.74) is 4.93. The quantitative estimate of drug-likeness (QED) is 0.556. The molecule has 0 aliphatic heterocycles. The summed E-state index contributed by atoms with van der Waals surface area (Å²) >= 11 is 0. The molecule has 4 nitrogen and oxygen atoms in total. The standard InChI is InChI=1S/C21H20N2O2/c1-3-25-18-13-11-17(12-14-18)21(24)23-22-15(2)19-10-6-8-16-7-4-5-9-20(16)19/h4-14H,3H2,1-2H3,(H,23,24)/b22-15+. The number of hydrogen-bond acceptors (Lipinski definition) is 3. The van der Waals surface area contributed by atoms with Gasteiger partial charge in [0.2, 0.25) is 0 Å². The minimum Gasteiger partial charge on any atom is -0.494 e. The molecule has 1 amide bonds. The summed E-state index contributed by atoms with van der Waals surface area (Å²) < 4.78 is 5.38. The Bertz CT molecular complexity index is 909. The first-order valence-corrected chi connectivity index (χ1v) is 8.24. The van der Waals surface area contributed by atoms with Crippen molar-refractivity contribution >= 4 is 22.4 Å². The van der Waals surface area contributed by atoms with Crippen LogP contribution in [0.2, 0.25) is 0 Å². The highest BCUT2D eigenvalue weighted by Crippen LogP contribution is 2.19. The Labute approximate surface area is 147 Å². The van der Waals surface area contributed by atoms with Gasteiger partial charge in [-0.15, -0.1) is 0 Å². The molecular weight excluding hydrogens is 312 g/mol. The molecule has 0 aliphatic rings. The van der Waals surface area contributed by atoms with Gasteiger partial charge in [-0.3, -0.25) is 4.79 Å². The second-order valence-corrected chi connectivity index (χ2v) is 5.62. The van der Waals surface area contributed by atoms with Gasteiger partial charge in [-0.05, 0) is 48.9 Å². The average molecular weight is 332 g/mol. The highest BCUT2D eigenvalue weighted by atomic mass is 16.5. The highest BCUT2D eigenvalue weighted by Gasteiger charge is 2.07. The largest absolute Gasteiger partial charge is 0.494 e. The summed E-state index contributed by atoms with van der Waals surface area (Å²) in [5, 5.41) is 6.52. The van der Waals surface area contributed by atoms with Crippen LogP contribution in [-0.4, -0.2) is 18.2 Å². The number of amides is 1. The van der Waals surface area contributed by atoms with Gasteiger partial charge in [-0.25, -0.2) is 5.43 Å². The summed E-state index contributed by atoms with van der Waals surface area (Å²) in [5.74, 6) is 0.497. The van der Waals surface area contributed by atoms with E-state index in [9.17, 15) is 4.79 Å². The van der Waals surface area contributed by atoms with E-state index in [-0.39, 0.29) is 5.91 Å². The molecule has 0 atom stereocenters. The molecule has 1 N–H and O–H groups in total. The van der Waals surface area contributed by atoms with Gasteiger partial charge in [0.25, 0.3) is 5.91 Å². The number of benzene rings is 3. The lowest BCUT2D eigenvalue weighted by molar-refractivity contribution is 0.0955. The molecule has 0 unspecified atom stereocenters. The van der Waals surface area contributed by atoms with E-state index >= 15 is 0 Å². The van der Waals surface area contributed by atoms with Crippen LogP contribution in [-0.2, 0) is 0 Å². The van der Waals surface area contributed by atoms with Crippen LogP contribution in [0.25, 0.3) is 10.8 Å². The van der Waals surface area contributed by atoms with E-state index in [0.29, 0.717) is 12.2 Å². The lowest BCUT2D eigenvalue weighted by atomic mass is 10.0. The number of carbonyl (C=O) groups excluding carboxylic acids is 1. The van der Waals surface area contributed by atoms with Crippen LogP contribution in [0.3, 0.4) is 0 Å². The van der Waals surface area contributed by atoms with Crippen LogP contribution >= 0.6 is 0 Å². The summed E-state index contributed by atoms with van der Waals surface area (Å²) in [6, 6.07) is 21.2. The Morgan fingerprint density at radius 2 is 1.72 bits per heavy atom. The molecule has 0 aliphatic carbocycles. The van der Waals surface area contributed by atoms with Crippen LogP contribution in [0, 0.1) is 0 Å². The van der Waals surface area contributed by atoms with E-state index in [1.54, 1.807) is 24.3 Å². The van der Waals surface area contributed by atoms with Crippen LogP contribution in [0.1, 0.15) is 29.8 Å². The third kappa shape index (κ3) is 3.86. The number of nitrogens with zero attached hydrogens (tertiary/aromatic N) is 1. The third-order valence-electron chi connectivity index (χ3n) is 3.93. The smallest absolute Gasteiger partial charge is 0.271 e. The van der Waals surface area contributed by atoms with Gasteiger partial charge in [0.15, 0.2) is 0 Å². The first kappa shape index (κ1) is 16.7. The summed E-state index contributed by atoms with van der Waals surface area (Å²) in [6.07, 6.45) is 0. The van der Waals surface area contributed by atoms with Crippen molar-refractivity contribution in [3.63, 3.8) is 0 Å². The molecule has 4 heteroatoms. The van der Waals surface area contributed by atoms with Crippen molar-refractivity contribution in [2.45, 2.75) is 13.8 Å². The zero-order valence-electron chi connectivity index (χ0n) is 14.3. The highest BCUT2D eigenvalue weighted by molar-refractivity contribution is 6.10. The van der Waals surface area contributed by atoms with Crippen molar-refractivity contribution < 1.29 is 9.53 Å². The first-order valence-electron chi connectivity index (χ1n) is 8.24. The molecule has 0 heterocycles. The fourth-order valence-corrected chi connectivity index (χ4v) is 2.67. The minimum atomic E-state index is -0.248. The monoisotopic (exact) mass is 332 g/mol. The first-order chi connectivity index (χ1) is 12.2. The molecule has 0 saturated carbocycles. The van der Waals surface area contributed by atoms with E-state index in [1.165, 1.54) is 0 Å². The number of fused-ring (bicyclic) bond motifs is 1. The lowest BCUT2D eigenvalue weighted by Gasteiger charge is -2.07. The summed E-state index contributed by atoms with van der Waals surface area (Å²) in [6.45, 7) is 4.41.